The van der Waals surface area contributed by atoms with Gasteiger partial charge in [-0.25, -0.2) is 13.1 Å². The molecule has 6 nitrogen and oxygen atoms in total. The van der Waals surface area contributed by atoms with E-state index in [2.05, 4.69) is 0 Å². The monoisotopic (exact) mass is 707 g/mol. The highest BCUT2D eigenvalue weighted by atomic mass is 32.2. The van der Waals surface area contributed by atoms with E-state index in [1.165, 1.54) is 14.1 Å². The standard InChI is InChI=1S/C17H17F19N2O4S/c1-38(2,7-4-8(39)40)6-3-5-37-43(41,42)17(35,36)15(30,31)13(26,27)11(22,23)9(18,19)10(20,21)12(24,25)14(28,29)16(32,33)34/h37H,3-7H2,1-2H3/p+1. The van der Waals surface area contributed by atoms with Gasteiger partial charge in [0, 0.05) is 13.0 Å². The van der Waals surface area contributed by atoms with Gasteiger partial charge in [0.15, 0.2) is 0 Å². The predicted molar refractivity (Wildman–Crippen MR) is 101 cm³/mol. The van der Waals surface area contributed by atoms with E-state index < -0.39 is 94.8 Å². The number of carbonyl (C=O) groups is 1. The van der Waals surface area contributed by atoms with Crippen LogP contribution >= 0.6 is 0 Å². The van der Waals surface area contributed by atoms with Crippen molar-refractivity contribution in [1.82, 2.24) is 4.72 Å². The molecule has 0 unspecified atom stereocenters. The van der Waals surface area contributed by atoms with E-state index in [1.807, 2.05) is 0 Å². The first-order valence-electron chi connectivity index (χ1n) is 10.5. The summed E-state index contributed by atoms with van der Waals surface area (Å²) < 4.78 is 277. The maximum atomic E-state index is 14.0. The first-order valence-corrected chi connectivity index (χ1v) is 12.0. The summed E-state index contributed by atoms with van der Waals surface area (Å²) in [6, 6.07) is 0. The van der Waals surface area contributed by atoms with Crippen molar-refractivity contribution in [3.8, 4) is 0 Å². The lowest BCUT2D eigenvalue weighted by Gasteiger charge is -2.43. The number of carboxylic acid groups (broad SMARTS) is 1. The normalized spacial score (nSPS) is 16.0. The quantitative estimate of drug-likeness (QED) is 0.127. The maximum Gasteiger partial charge on any atom is 0.460 e. The van der Waals surface area contributed by atoms with Crippen molar-refractivity contribution >= 4 is 16.0 Å². The van der Waals surface area contributed by atoms with Gasteiger partial charge in [0.2, 0.25) is 0 Å². The molecule has 0 heterocycles. The van der Waals surface area contributed by atoms with Crippen LogP contribution in [0.1, 0.15) is 12.8 Å². The summed E-state index contributed by atoms with van der Waals surface area (Å²) in [7, 11) is -4.97. The Morgan fingerprint density at radius 3 is 1.26 bits per heavy atom. The molecule has 0 aliphatic heterocycles. The summed E-state index contributed by atoms with van der Waals surface area (Å²) >= 11 is 0. The summed E-state index contributed by atoms with van der Waals surface area (Å²) in [5, 5.41) is 0.840. The number of hydrogen-bond donors (Lipinski definition) is 2. The van der Waals surface area contributed by atoms with E-state index >= 15 is 0 Å². The van der Waals surface area contributed by atoms with E-state index in [0.717, 1.165) is 0 Å². The molecule has 0 bridgehead atoms. The molecule has 26 heteroatoms. The van der Waals surface area contributed by atoms with Gasteiger partial charge in [-0.05, 0) is 0 Å². The summed E-state index contributed by atoms with van der Waals surface area (Å²) in [5.74, 6) is -63.4. The first-order chi connectivity index (χ1) is 18.4. The number of sulfonamides is 1. The molecular weight excluding hydrogens is 689 g/mol. The lowest BCUT2D eigenvalue weighted by atomic mass is 9.89. The van der Waals surface area contributed by atoms with Crippen LogP contribution in [0.4, 0.5) is 83.4 Å². The van der Waals surface area contributed by atoms with Crippen molar-refractivity contribution < 1.29 is 106 Å². The van der Waals surface area contributed by atoms with Gasteiger partial charge in [-0.3, -0.25) is 4.79 Å². The fraction of sp³-hybridized carbons (Fsp3) is 0.941. The molecule has 2 N–H and O–H groups in total. The molecule has 0 saturated carbocycles. The zero-order valence-corrected chi connectivity index (χ0v) is 21.6. The van der Waals surface area contributed by atoms with Crippen molar-refractivity contribution in [3.05, 3.63) is 0 Å². The molecule has 0 fully saturated rings. The van der Waals surface area contributed by atoms with E-state index in [4.69, 9.17) is 5.11 Å². The van der Waals surface area contributed by atoms with Crippen LogP contribution in [0, 0.1) is 0 Å². The van der Waals surface area contributed by atoms with Gasteiger partial charge in [0.05, 0.1) is 33.6 Å². The molecule has 0 aromatic rings. The van der Waals surface area contributed by atoms with Crippen LogP contribution < -0.4 is 4.72 Å². The molecule has 43 heavy (non-hydrogen) atoms. The lowest BCUT2D eigenvalue weighted by molar-refractivity contribution is -0.889. The molecule has 0 atom stereocenters. The van der Waals surface area contributed by atoms with Gasteiger partial charge >= 0.3 is 58.9 Å². The second-order valence-electron chi connectivity index (χ2n) is 9.31. The molecule has 0 aliphatic carbocycles. The van der Waals surface area contributed by atoms with Crippen LogP contribution in [-0.4, -0.2) is 111 Å². The molecule has 0 rings (SSSR count). The Hall–Kier alpha value is -1.99. The highest BCUT2D eigenvalue weighted by Gasteiger charge is 2.97. The summed E-state index contributed by atoms with van der Waals surface area (Å²) in [4.78, 5) is 10.5. The van der Waals surface area contributed by atoms with Gasteiger partial charge in [0.25, 0.3) is 10.0 Å². The smallest absolute Gasteiger partial charge is 0.460 e. The number of halogens is 19. The fourth-order valence-electron chi connectivity index (χ4n) is 2.83. The Morgan fingerprint density at radius 1 is 0.605 bits per heavy atom. The molecular formula is C17H18F19N2O4S+. The fourth-order valence-corrected chi connectivity index (χ4v) is 3.89. The number of quaternary nitrogens is 1. The molecule has 0 aliphatic rings. The third kappa shape index (κ3) is 6.54. The number of nitrogens with zero attached hydrogens (tertiary/aromatic N) is 1. The topological polar surface area (TPSA) is 83.5 Å². The number of carboxylic acids is 1. The second kappa shape index (κ2) is 11.4. The van der Waals surface area contributed by atoms with Gasteiger partial charge < -0.3 is 9.59 Å². The Kier molecular flexibility index (Phi) is 10.9. The Bertz CT molecular complexity index is 1120. The van der Waals surface area contributed by atoms with Gasteiger partial charge in [-0.2, -0.15) is 83.4 Å². The first kappa shape index (κ1) is 41.0. The Labute approximate surface area is 227 Å². The van der Waals surface area contributed by atoms with Crippen LogP contribution in [0.25, 0.3) is 0 Å². The molecule has 0 radical (unpaired) electrons. The molecule has 0 saturated heterocycles. The van der Waals surface area contributed by atoms with Crippen molar-refractivity contribution in [3.63, 3.8) is 0 Å². The van der Waals surface area contributed by atoms with Crippen molar-refractivity contribution in [2.45, 2.75) is 65.7 Å². The van der Waals surface area contributed by atoms with E-state index in [1.54, 1.807) is 0 Å². The second-order valence-corrected chi connectivity index (χ2v) is 11.1. The van der Waals surface area contributed by atoms with Crippen LogP contribution in [0.5, 0.6) is 0 Å². The van der Waals surface area contributed by atoms with Gasteiger partial charge in [-0.1, -0.05) is 0 Å². The number of hydrogen-bond acceptors (Lipinski definition) is 3. The Balaban J connectivity index is 6.49. The van der Waals surface area contributed by atoms with E-state index in [-0.39, 0.29) is 11.0 Å². The summed E-state index contributed by atoms with van der Waals surface area (Å²) in [6.07, 6.45) is -9.28. The molecule has 0 spiro atoms. The third-order valence-corrected chi connectivity index (χ3v) is 7.10. The summed E-state index contributed by atoms with van der Waals surface area (Å²) in [5.41, 5.74) is 0. The van der Waals surface area contributed by atoms with Crippen molar-refractivity contribution in [2.24, 2.45) is 0 Å². The highest BCUT2D eigenvalue weighted by Crippen LogP contribution is 2.65. The van der Waals surface area contributed by atoms with Gasteiger partial charge in [0.1, 0.15) is 0 Å². The third-order valence-electron chi connectivity index (χ3n) is 5.59. The van der Waals surface area contributed by atoms with Gasteiger partial charge in [-0.15, -0.1) is 0 Å². The average molecular weight is 707 g/mol. The predicted octanol–water partition coefficient (Wildman–Crippen LogP) is 5.45. The summed E-state index contributed by atoms with van der Waals surface area (Å²) in [6.45, 7) is -2.10. The Morgan fingerprint density at radius 2 is 0.930 bits per heavy atom. The molecule has 258 valence electrons. The minimum absolute atomic E-state index is 0.232. The largest absolute Gasteiger partial charge is 0.481 e. The molecule has 0 aromatic heterocycles. The SMILES string of the molecule is C[N+](C)(CCCNS(=O)(=O)C(F)(F)C(F)(F)C(F)(F)C(F)(F)C(F)(F)C(F)(F)C(F)(F)C(F)(F)C(F)(F)F)CCC(=O)O. The van der Waals surface area contributed by atoms with Crippen LogP contribution in [0.2, 0.25) is 0 Å². The van der Waals surface area contributed by atoms with Crippen LogP contribution in [-0.2, 0) is 14.8 Å². The zero-order chi connectivity index (χ0) is 35.3. The molecule has 0 aromatic carbocycles. The number of aliphatic carboxylic acids is 1. The van der Waals surface area contributed by atoms with Crippen LogP contribution in [0.15, 0.2) is 0 Å². The number of alkyl halides is 19. The van der Waals surface area contributed by atoms with E-state index in [9.17, 15) is 96.6 Å². The lowest BCUT2D eigenvalue weighted by Crippen LogP contribution is -2.76. The van der Waals surface area contributed by atoms with Crippen molar-refractivity contribution in [1.29, 1.82) is 0 Å². The minimum atomic E-state index is -9.15. The number of nitrogens with one attached hydrogen (secondary N) is 1. The zero-order valence-electron chi connectivity index (χ0n) is 20.7. The molecule has 0 amide bonds. The maximum absolute atomic E-state index is 14.0. The van der Waals surface area contributed by atoms with E-state index in [0.29, 0.717) is 4.72 Å². The number of rotatable bonds is 16. The van der Waals surface area contributed by atoms with Crippen LogP contribution in [0.3, 0.4) is 0 Å². The highest BCUT2D eigenvalue weighted by molar-refractivity contribution is 7.90. The minimum Gasteiger partial charge on any atom is -0.481 e. The average Bonchev–Trinajstić information content (AvgIpc) is 2.78. The van der Waals surface area contributed by atoms with Crippen molar-refractivity contribution in [2.75, 3.05) is 33.7 Å².